The molecule has 21 heavy (non-hydrogen) atoms. The Labute approximate surface area is 123 Å². The first-order chi connectivity index (χ1) is 10.2. The van der Waals surface area contributed by atoms with Gasteiger partial charge in [0.1, 0.15) is 6.04 Å². The third-order valence-electron chi connectivity index (χ3n) is 4.93. The number of benzene rings is 1. The first-order valence-corrected chi connectivity index (χ1v) is 7.78. The molecule has 0 saturated heterocycles. The molecule has 1 aromatic carbocycles. The van der Waals surface area contributed by atoms with Gasteiger partial charge in [0.05, 0.1) is 12.1 Å². The van der Waals surface area contributed by atoms with Gasteiger partial charge in [0.15, 0.2) is 0 Å². The van der Waals surface area contributed by atoms with Gasteiger partial charge in [0.25, 0.3) is 0 Å². The third kappa shape index (κ3) is 1.82. The lowest BCUT2D eigenvalue weighted by Gasteiger charge is -2.47. The summed E-state index contributed by atoms with van der Waals surface area (Å²) >= 11 is 0. The maximum absolute atomic E-state index is 12.2. The van der Waals surface area contributed by atoms with Crippen molar-refractivity contribution in [3.05, 3.63) is 35.5 Å². The van der Waals surface area contributed by atoms with E-state index in [1.54, 1.807) is 0 Å². The number of aromatic nitrogens is 1. The summed E-state index contributed by atoms with van der Waals surface area (Å²) in [6.45, 7) is 2.29. The van der Waals surface area contributed by atoms with Crippen LogP contribution in [0.4, 0.5) is 0 Å². The molecule has 4 rings (SSSR count). The van der Waals surface area contributed by atoms with Gasteiger partial charge >= 0.3 is 5.97 Å². The van der Waals surface area contributed by atoms with Crippen LogP contribution in [0.1, 0.15) is 37.4 Å². The molecule has 1 aromatic heterocycles. The SMILES string of the molecule is CCOC(=O)[C@@H]1Cc2c([nH]c3ccccc23)C2(CCC2)N1. The number of rotatable bonds is 2. The van der Waals surface area contributed by atoms with E-state index in [2.05, 4.69) is 28.5 Å². The van der Waals surface area contributed by atoms with Crippen molar-refractivity contribution in [3.8, 4) is 0 Å². The predicted molar refractivity (Wildman–Crippen MR) is 81.1 cm³/mol. The van der Waals surface area contributed by atoms with Crippen molar-refractivity contribution in [2.45, 2.75) is 44.2 Å². The van der Waals surface area contributed by atoms with E-state index < -0.39 is 0 Å². The zero-order valence-corrected chi connectivity index (χ0v) is 12.2. The maximum Gasteiger partial charge on any atom is 0.323 e. The van der Waals surface area contributed by atoms with Crippen LogP contribution in [0.15, 0.2) is 24.3 Å². The molecule has 2 N–H and O–H groups in total. The second-order valence-corrected chi connectivity index (χ2v) is 6.11. The van der Waals surface area contributed by atoms with E-state index in [-0.39, 0.29) is 17.6 Å². The fourth-order valence-corrected chi connectivity index (χ4v) is 3.79. The Bertz CT molecular complexity index is 700. The summed E-state index contributed by atoms with van der Waals surface area (Å²) in [5.41, 5.74) is 3.70. The number of fused-ring (bicyclic) bond motifs is 4. The molecule has 1 fully saturated rings. The molecule has 1 spiro atoms. The lowest BCUT2D eigenvalue weighted by molar-refractivity contribution is -0.147. The molecule has 1 aliphatic heterocycles. The standard InChI is InChI=1S/C17H20N2O2/c1-2-21-16(20)14-10-12-11-6-3-4-7-13(11)18-15(12)17(19-14)8-5-9-17/h3-4,6-7,14,18-19H,2,5,8-10H2,1H3/t14-/m0/s1. The van der Waals surface area contributed by atoms with Crippen molar-refractivity contribution < 1.29 is 9.53 Å². The highest BCUT2D eigenvalue weighted by Gasteiger charge is 2.48. The van der Waals surface area contributed by atoms with Crippen LogP contribution < -0.4 is 5.32 Å². The second-order valence-electron chi connectivity index (χ2n) is 6.11. The number of carbonyl (C=O) groups is 1. The fraction of sp³-hybridized carbons (Fsp3) is 0.471. The van der Waals surface area contributed by atoms with Crippen molar-refractivity contribution in [2.24, 2.45) is 0 Å². The molecule has 2 aliphatic rings. The molecule has 4 nitrogen and oxygen atoms in total. The van der Waals surface area contributed by atoms with Crippen LogP contribution in [0, 0.1) is 0 Å². The number of hydrogen-bond acceptors (Lipinski definition) is 3. The Hall–Kier alpha value is -1.81. The van der Waals surface area contributed by atoms with E-state index in [1.807, 2.05) is 13.0 Å². The van der Waals surface area contributed by atoms with Gasteiger partial charge in [0.2, 0.25) is 0 Å². The van der Waals surface area contributed by atoms with Gasteiger partial charge in [-0.25, -0.2) is 0 Å². The number of H-pyrrole nitrogens is 1. The van der Waals surface area contributed by atoms with Crippen LogP contribution >= 0.6 is 0 Å². The van der Waals surface area contributed by atoms with E-state index in [0.29, 0.717) is 13.0 Å². The molecule has 2 aromatic rings. The first kappa shape index (κ1) is 12.9. The van der Waals surface area contributed by atoms with Crippen LogP contribution in [0.2, 0.25) is 0 Å². The minimum atomic E-state index is -0.225. The summed E-state index contributed by atoms with van der Waals surface area (Å²) in [5, 5.41) is 4.81. The summed E-state index contributed by atoms with van der Waals surface area (Å²) in [5.74, 6) is -0.125. The van der Waals surface area contributed by atoms with Crippen molar-refractivity contribution in [1.82, 2.24) is 10.3 Å². The average Bonchev–Trinajstić information content (AvgIpc) is 2.83. The average molecular weight is 284 g/mol. The number of para-hydroxylation sites is 1. The highest BCUT2D eigenvalue weighted by atomic mass is 16.5. The minimum Gasteiger partial charge on any atom is -0.465 e. The smallest absolute Gasteiger partial charge is 0.323 e. The van der Waals surface area contributed by atoms with Gasteiger partial charge in [-0.3, -0.25) is 10.1 Å². The largest absolute Gasteiger partial charge is 0.465 e. The summed E-state index contributed by atoms with van der Waals surface area (Å²) in [6, 6.07) is 8.14. The Kier molecular flexibility index (Phi) is 2.82. The molecule has 0 amide bonds. The van der Waals surface area contributed by atoms with Crippen molar-refractivity contribution in [1.29, 1.82) is 0 Å². The van der Waals surface area contributed by atoms with E-state index in [0.717, 1.165) is 12.8 Å². The molecule has 0 bridgehead atoms. The fourth-order valence-electron chi connectivity index (χ4n) is 3.79. The van der Waals surface area contributed by atoms with Gasteiger partial charge in [-0.05, 0) is 37.8 Å². The zero-order valence-electron chi connectivity index (χ0n) is 12.2. The van der Waals surface area contributed by atoms with E-state index in [9.17, 15) is 4.79 Å². The summed E-state index contributed by atoms with van der Waals surface area (Å²) in [6.07, 6.45) is 4.09. The van der Waals surface area contributed by atoms with Gasteiger partial charge in [-0.2, -0.15) is 0 Å². The summed E-state index contributed by atoms with van der Waals surface area (Å²) < 4.78 is 5.24. The second kappa shape index (κ2) is 4.60. The predicted octanol–water partition coefficient (Wildman–Crippen LogP) is 2.62. The van der Waals surface area contributed by atoms with Gasteiger partial charge in [-0.1, -0.05) is 18.2 Å². The van der Waals surface area contributed by atoms with E-state index in [4.69, 9.17) is 4.74 Å². The molecular formula is C17H20N2O2. The Balaban J connectivity index is 1.81. The van der Waals surface area contributed by atoms with Crippen LogP contribution in [-0.2, 0) is 21.5 Å². The van der Waals surface area contributed by atoms with E-state index >= 15 is 0 Å². The Morgan fingerprint density at radius 3 is 2.90 bits per heavy atom. The van der Waals surface area contributed by atoms with Crippen LogP contribution in [0.5, 0.6) is 0 Å². The molecular weight excluding hydrogens is 264 g/mol. The van der Waals surface area contributed by atoms with Crippen molar-refractivity contribution in [2.75, 3.05) is 6.61 Å². The molecule has 0 unspecified atom stereocenters. The molecule has 1 atom stereocenters. The van der Waals surface area contributed by atoms with Crippen LogP contribution in [-0.4, -0.2) is 23.6 Å². The van der Waals surface area contributed by atoms with Crippen LogP contribution in [0.3, 0.4) is 0 Å². The molecule has 110 valence electrons. The third-order valence-corrected chi connectivity index (χ3v) is 4.93. The monoisotopic (exact) mass is 284 g/mol. The highest BCUT2D eigenvalue weighted by molar-refractivity contribution is 5.87. The summed E-state index contributed by atoms with van der Waals surface area (Å²) in [4.78, 5) is 15.8. The highest BCUT2D eigenvalue weighted by Crippen LogP contribution is 2.47. The molecule has 0 radical (unpaired) electrons. The minimum absolute atomic E-state index is 0.0516. The quantitative estimate of drug-likeness (QED) is 0.834. The summed E-state index contributed by atoms with van der Waals surface area (Å²) in [7, 11) is 0. The van der Waals surface area contributed by atoms with Crippen molar-refractivity contribution >= 4 is 16.9 Å². The van der Waals surface area contributed by atoms with Crippen molar-refractivity contribution in [3.63, 3.8) is 0 Å². The topological polar surface area (TPSA) is 54.1 Å². The lowest BCUT2D eigenvalue weighted by atomic mass is 9.70. The Morgan fingerprint density at radius 2 is 2.19 bits per heavy atom. The normalized spacial score (nSPS) is 22.8. The number of aromatic amines is 1. The maximum atomic E-state index is 12.2. The van der Waals surface area contributed by atoms with Crippen LogP contribution in [0.25, 0.3) is 10.9 Å². The van der Waals surface area contributed by atoms with Gasteiger partial charge in [0, 0.05) is 23.0 Å². The molecule has 1 aliphatic carbocycles. The number of carbonyl (C=O) groups excluding carboxylic acids is 1. The van der Waals surface area contributed by atoms with Gasteiger partial charge in [-0.15, -0.1) is 0 Å². The first-order valence-electron chi connectivity index (χ1n) is 7.78. The Morgan fingerprint density at radius 1 is 1.38 bits per heavy atom. The molecule has 2 heterocycles. The lowest BCUT2D eigenvalue weighted by Crippen LogP contribution is -2.59. The van der Waals surface area contributed by atoms with Gasteiger partial charge < -0.3 is 9.72 Å². The number of nitrogens with one attached hydrogen (secondary N) is 2. The number of hydrogen-bond donors (Lipinski definition) is 2. The number of esters is 1. The molecule has 1 saturated carbocycles. The van der Waals surface area contributed by atoms with E-state index in [1.165, 1.54) is 28.6 Å². The molecule has 4 heteroatoms. The zero-order chi connectivity index (χ0) is 14.4. The number of ether oxygens (including phenoxy) is 1.